The van der Waals surface area contributed by atoms with Gasteiger partial charge >= 0.3 is 0 Å². The van der Waals surface area contributed by atoms with Crippen molar-refractivity contribution in [1.82, 2.24) is 5.32 Å². The first-order chi connectivity index (χ1) is 9.60. The molecule has 110 valence electrons. The van der Waals surface area contributed by atoms with Gasteiger partial charge in [0.2, 0.25) is 0 Å². The lowest BCUT2D eigenvalue weighted by atomic mass is 9.89. The SMILES string of the molecule is CCNC1CCOCC1Cc1cc(F)cc([N+](=O)[O-])c1. The fraction of sp³-hybridized carbons (Fsp3) is 0.571. The van der Waals surface area contributed by atoms with Gasteiger partial charge in [-0.1, -0.05) is 6.92 Å². The summed E-state index contributed by atoms with van der Waals surface area (Å²) in [5.41, 5.74) is 0.451. The summed E-state index contributed by atoms with van der Waals surface area (Å²) in [4.78, 5) is 10.2. The lowest BCUT2D eigenvalue weighted by molar-refractivity contribution is -0.385. The van der Waals surface area contributed by atoms with Crippen LogP contribution < -0.4 is 5.32 Å². The van der Waals surface area contributed by atoms with Crippen LogP contribution in [0.2, 0.25) is 0 Å². The van der Waals surface area contributed by atoms with E-state index in [0.717, 1.165) is 25.6 Å². The molecule has 2 unspecified atom stereocenters. The van der Waals surface area contributed by atoms with Crippen molar-refractivity contribution >= 4 is 5.69 Å². The number of hydrogen-bond donors (Lipinski definition) is 1. The molecule has 1 fully saturated rings. The maximum Gasteiger partial charge on any atom is 0.272 e. The lowest BCUT2D eigenvalue weighted by Crippen LogP contribution is -2.43. The molecule has 0 bridgehead atoms. The standard InChI is InChI=1S/C14H19FN2O3/c1-2-16-14-3-4-20-9-11(14)5-10-6-12(15)8-13(7-10)17(18)19/h6-8,11,14,16H,2-5,9H2,1H3. The van der Waals surface area contributed by atoms with Gasteiger partial charge in [-0.15, -0.1) is 0 Å². The second kappa shape index (κ2) is 6.76. The molecule has 0 aromatic heterocycles. The van der Waals surface area contributed by atoms with Crippen LogP contribution in [0.1, 0.15) is 18.9 Å². The maximum absolute atomic E-state index is 13.4. The Hall–Kier alpha value is -1.53. The van der Waals surface area contributed by atoms with Gasteiger partial charge in [0.25, 0.3) is 5.69 Å². The van der Waals surface area contributed by atoms with Gasteiger partial charge in [0, 0.05) is 24.6 Å². The summed E-state index contributed by atoms with van der Waals surface area (Å²) in [6.07, 6.45) is 1.49. The number of hydrogen-bond acceptors (Lipinski definition) is 4. The molecule has 1 aliphatic rings. The first kappa shape index (κ1) is 14.9. The molecule has 2 atom stereocenters. The van der Waals surface area contributed by atoms with E-state index in [9.17, 15) is 14.5 Å². The van der Waals surface area contributed by atoms with Gasteiger partial charge in [-0.2, -0.15) is 0 Å². The third kappa shape index (κ3) is 3.74. The van der Waals surface area contributed by atoms with E-state index in [-0.39, 0.29) is 11.6 Å². The molecule has 2 rings (SSSR count). The van der Waals surface area contributed by atoms with Crippen molar-refractivity contribution in [3.05, 3.63) is 39.7 Å². The number of nitrogens with one attached hydrogen (secondary N) is 1. The Morgan fingerprint density at radius 3 is 3.00 bits per heavy atom. The van der Waals surface area contributed by atoms with Crippen molar-refractivity contribution in [2.24, 2.45) is 5.92 Å². The zero-order chi connectivity index (χ0) is 14.5. The van der Waals surface area contributed by atoms with E-state index in [4.69, 9.17) is 4.74 Å². The van der Waals surface area contributed by atoms with Crippen LogP contribution in [-0.4, -0.2) is 30.7 Å². The van der Waals surface area contributed by atoms with Crippen molar-refractivity contribution < 1.29 is 14.1 Å². The summed E-state index contributed by atoms with van der Waals surface area (Å²) in [6.45, 7) is 4.23. The van der Waals surface area contributed by atoms with Crippen LogP contribution in [0.25, 0.3) is 0 Å². The van der Waals surface area contributed by atoms with Crippen LogP contribution in [-0.2, 0) is 11.2 Å². The number of halogens is 1. The summed E-state index contributed by atoms with van der Waals surface area (Å²) >= 11 is 0. The van der Waals surface area contributed by atoms with E-state index in [2.05, 4.69) is 5.32 Å². The van der Waals surface area contributed by atoms with E-state index in [0.29, 0.717) is 24.6 Å². The van der Waals surface area contributed by atoms with Gasteiger partial charge in [-0.3, -0.25) is 10.1 Å². The van der Waals surface area contributed by atoms with Gasteiger partial charge in [0.15, 0.2) is 0 Å². The molecule has 1 aromatic carbocycles. The highest BCUT2D eigenvalue weighted by Gasteiger charge is 2.25. The minimum atomic E-state index is -0.564. The molecule has 0 radical (unpaired) electrons. The fourth-order valence-electron chi connectivity index (χ4n) is 2.69. The molecule has 1 aliphatic heterocycles. The number of rotatable bonds is 5. The Bertz CT molecular complexity index is 479. The smallest absolute Gasteiger partial charge is 0.272 e. The number of nitrogens with zero attached hydrogens (tertiary/aromatic N) is 1. The number of ether oxygens (including phenoxy) is 1. The lowest BCUT2D eigenvalue weighted by Gasteiger charge is -2.32. The van der Waals surface area contributed by atoms with E-state index in [1.807, 2.05) is 6.92 Å². The number of nitro groups is 1. The molecule has 0 spiro atoms. The summed E-state index contributed by atoms with van der Waals surface area (Å²) in [5.74, 6) is -0.351. The Labute approximate surface area is 117 Å². The second-order valence-corrected chi connectivity index (χ2v) is 5.07. The average Bonchev–Trinajstić information content (AvgIpc) is 2.40. The molecule has 6 heteroatoms. The van der Waals surface area contributed by atoms with Crippen LogP contribution in [0.3, 0.4) is 0 Å². The largest absolute Gasteiger partial charge is 0.381 e. The highest BCUT2D eigenvalue weighted by Crippen LogP contribution is 2.23. The van der Waals surface area contributed by atoms with Crippen molar-refractivity contribution in [3.8, 4) is 0 Å². The van der Waals surface area contributed by atoms with Crippen LogP contribution in [0.4, 0.5) is 10.1 Å². The highest BCUT2D eigenvalue weighted by molar-refractivity contribution is 5.35. The molecule has 1 heterocycles. The summed E-state index contributed by atoms with van der Waals surface area (Å²) < 4.78 is 18.9. The Morgan fingerprint density at radius 1 is 1.50 bits per heavy atom. The van der Waals surface area contributed by atoms with Crippen LogP contribution in [0.15, 0.2) is 18.2 Å². The van der Waals surface area contributed by atoms with Crippen molar-refractivity contribution in [3.63, 3.8) is 0 Å². The number of benzene rings is 1. The topological polar surface area (TPSA) is 64.4 Å². The first-order valence-electron chi connectivity index (χ1n) is 6.85. The molecule has 20 heavy (non-hydrogen) atoms. The predicted molar refractivity (Wildman–Crippen MR) is 73.1 cm³/mol. The van der Waals surface area contributed by atoms with Crippen molar-refractivity contribution in [2.45, 2.75) is 25.8 Å². The van der Waals surface area contributed by atoms with Gasteiger partial charge in [0.05, 0.1) is 17.6 Å². The monoisotopic (exact) mass is 282 g/mol. The number of non-ortho nitro benzene ring substituents is 1. The minimum Gasteiger partial charge on any atom is -0.381 e. The predicted octanol–water partition coefficient (Wildman–Crippen LogP) is 2.29. The minimum absolute atomic E-state index is 0.197. The highest BCUT2D eigenvalue weighted by atomic mass is 19.1. The zero-order valence-corrected chi connectivity index (χ0v) is 11.5. The Balaban J connectivity index is 2.13. The normalized spacial score (nSPS) is 22.7. The van der Waals surface area contributed by atoms with Gasteiger partial charge in [-0.25, -0.2) is 4.39 Å². The molecule has 0 amide bonds. The second-order valence-electron chi connectivity index (χ2n) is 5.07. The Morgan fingerprint density at radius 2 is 2.30 bits per heavy atom. The molecule has 0 aliphatic carbocycles. The molecule has 5 nitrogen and oxygen atoms in total. The third-order valence-corrected chi connectivity index (χ3v) is 3.59. The van der Waals surface area contributed by atoms with Crippen molar-refractivity contribution in [1.29, 1.82) is 0 Å². The molecular weight excluding hydrogens is 263 g/mol. The third-order valence-electron chi connectivity index (χ3n) is 3.59. The van der Waals surface area contributed by atoms with E-state index >= 15 is 0 Å². The zero-order valence-electron chi connectivity index (χ0n) is 11.5. The summed E-state index contributed by atoms with van der Waals surface area (Å²) in [5, 5.41) is 14.2. The van der Waals surface area contributed by atoms with Crippen LogP contribution >= 0.6 is 0 Å². The van der Waals surface area contributed by atoms with Gasteiger partial charge in [-0.05, 0) is 31.0 Å². The van der Waals surface area contributed by atoms with Crippen LogP contribution in [0, 0.1) is 21.8 Å². The fourth-order valence-corrected chi connectivity index (χ4v) is 2.69. The van der Waals surface area contributed by atoms with Crippen molar-refractivity contribution in [2.75, 3.05) is 19.8 Å². The van der Waals surface area contributed by atoms with E-state index in [1.165, 1.54) is 12.1 Å². The molecule has 1 N–H and O–H groups in total. The van der Waals surface area contributed by atoms with Gasteiger partial charge < -0.3 is 10.1 Å². The van der Waals surface area contributed by atoms with Crippen LogP contribution in [0.5, 0.6) is 0 Å². The van der Waals surface area contributed by atoms with Gasteiger partial charge in [0.1, 0.15) is 5.82 Å². The number of nitro benzene ring substituents is 1. The maximum atomic E-state index is 13.4. The molecule has 0 saturated carbocycles. The molecule has 1 aromatic rings. The van der Waals surface area contributed by atoms with E-state index in [1.54, 1.807) is 0 Å². The average molecular weight is 282 g/mol. The van der Waals surface area contributed by atoms with E-state index < -0.39 is 10.7 Å². The summed E-state index contributed by atoms with van der Waals surface area (Å²) in [6, 6.07) is 4.07. The summed E-state index contributed by atoms with van der Waals surface area (Å²) in [7, 11) is 0. The Kier molecular flexibility index (Phi) is 5.03. The molecular formula is C14H19FN2O3. The quantitative estimate of drug-likeness (QED) is 0.665. The molecule has 1 saturated heterocycles. The first-order valence-corrected chi connectivity index (χ1v) is 6.85.